The molecule has 0 bridgehead atoms. The monoisotopic (exact) mass is 500 g/mol. The summed E-state index contributed by atoms with van der Waals surface area (Å²) in [4.78, 5) is 10.5. The van der Waals surface area contributed by atoms with Crippen LogP contribution in [0.15, 0.2) is 34.5 Å². The lowest BCUT2D eigenvalue weighted by atomic mass is 9.89. The van der Waals surface area contributed by atoms with E-state index in [0.29, 0.717) is 36.8 Å². The zero-order chi connectivity index (χ0) is 27.3. The Kier molecular flexibility index (Phi) is 9.36. The van der Waals surface area contributed by atoms with Gasteiger partial charge in [0.2, 0.25) is 6.67 Å². The van der Waals surface area contributed by atoms with Crippen LogP contribution in [0.1, 0.15) is 112 Å². The highest BCUT2D eigenvalue weighted by Gasteiger charge is 2.31. The summed E-state index contributed by atoms with van der Waals surface area (Å²) < 4.78 is 0. The Morgan fingerprint density at radius 3 is 1.19 bits per heavy atom. The van der Waals surface area contributed by atoms with Gasteiger partial charge in [-0.25, -0.2) is 0 Å². The van der Waals surface area contributed by atoms with Gasteiger partial charge in [-0.2, -0.15) is 0 Å². The van der Waals surface area contributed by atoms with Crippen LogP contribution in [0.4, 0.5) is 11.4 Å². The van der Waals surface area contributed by atoms with E-state index in [9.17, 15) is 0 Å². The Morgan fingerprint density at radius 1 is 0.649 bits per heavy atom. The summed E-state index contributed by atoms with van der Waals surface area (Å²) in [6, 6.07) is 8.76. The van der Waals surface area contributed by atoms with Crippen LogP contribution >= 0.6 is 0 Å². The highest BCUT2D eigenvalue weighted by atomic mass is 15.4. The molecule has 1 saturated heterocycles. The molecule has 2 aromatic carbocycles. The molecule has 37 heavy (non-hydrogen) atoms. The average Bonchev–Trinajstić information content (AvgIpc) is 3.34. The van der Waals surface area contributed by atoms with Crippen LogP contribution in [0, 0.1) is 6.67 Å². The van der Waals surface area contributed by atoms with E-state index in [1.54, 1.807) is 0 Å². The Labute approximate surface area is 221 Å². The van der Waals surface area contributed by atoms with Gasteiger partial charge in [0.25, 0.3) is 0 Å². The minimum Gasteiger partial charge on any atom is -0.339 e. The predicted octanol–water partition coefficient (Wildman–Crippen LogP) is 9.12. The van der Waals surface area contributed by atoms with Gasteiger partial charge in [0.15, 0.2) is 0 Å². The zero-order valence-electron chi connectivity index (χ0n) is 23.5. The van der Waals surface area contributed by atoms with E-state index in [4.69, 9.17) is 11.1 Å². The van der Waals surface area contributed by atoms with Crippen LogP contribution < -0.4 is 9.80 Å². The number of rotatable bonds is 10. The van der Waals surface area contributed by atoms with Gasteiger partial charge in [-0.3, -0.25) is 0 Å². The molecule has 0 amide bonds. The molecular weight excluding hydrogens is 460 g/mol. The molecule has 1 aliphatic rings. The van der Waals surface area contributed by atoms with E-state index in [0.717, 1.165) is 24.2 Å². The van der Waals surface area contributed by atoms with Gasteiger partial charge in [-0.05, 0) is 68.1 Å². The molecule has 0 N–H and O–H groups in total. The molecule has 1 heterocycles. The highest BCUT2D eigenvalue weighted by molar-refractivity contribution is 5.71. The van der Waals surface area contributed by atoms with Crippen molar-refractivity contribution in [3.8, 4) is 0 Å². The quantitative estimate of drug-likeness (QED) is 0.184. The van der Waals surface area contributed by atoms with E-state index < -0.39 is 0 Å². The van der Waals surface area contributed by atoms with Crippen molar-refractivity contribution in [2.24, 2.45) is 10.2 Å². The van der Waals surface area contributed by atoms with Crippen LogP contribution in [-0.4, -0.2) is 13.1 Å². The third kappa shape index (κ3) is 6.33. The first kappa shape index (κ1) is 28.2. The van der Waals surface area contributed by atoms with Gasteiger partial charge in [0.1, 0.15) is 0 Å². The van der Waals surface area contributed by atoms with Gasteiger partial charge >= 0.3 is 0 Å². The smallest absolute Gasteiger partial charge is 0.208 e. The molecule has 2 aromatic rings. The van der Waals surface area contributed by atoms with E-state index in [-0.39, 0.29) is 0 Å². The number of anilines is 2. The van der Waals surface area contributed by atoms with E-state index in [1.807, 2.05) is 0 Å². The van der Waals surface area contributed by atoms with Gasteiger partial charge in [0.05, 0.1) is 13.1 Å². The molecule has 196 valence electrons. The van der Waals surface area contributed by atoms with Crippen LogP contribution in [0.5, 0.6) is 0 Å². The van der Waals surface area contributed by atoms with E-state index in [2.05, 4.69) is 116 Å². The molecule has 0 aromatic heterocycles. The van der Waals surface area contributed by atoms with Gasteiger partial charge in [-0.15, -0.1) is 0 Å². The maximum Gasteiger partial charge on any atom is 0.208 e. The summed E-state index contributed by atoms with van der Waals surface area (Å²) in [6.45, 7) is 23.8. The lowest BCUT2D eigenvalue weighted by Crippen LogP contribution is -2.23. The first-order chi connectivity index (χ1) is 17.6. The summed E-state index contributed by atoms with van der Waals surface area (Å²) in [5, 5.41) is 7.63. The van der Waals surface area contributed by atoms with Crippen molar-refractivity contribution in [1.29, 1.82) is 0 Å². The summed E-state index contributed by atoms with van der Waals surface area (Å²) in [5.41, 5.74) is 27.2. The maximum absolute atomic E-state index is 8.85. The minimum atomic E-state index is 0.312. The Balaban J connectivity index is 2.10. The van der Waals surface area contributed by atoms with Crippen molar-refractivity contribution in [2.75, 3.05) is 22.9 Å². The Bertz CT molecular complexity index is 1050. The molecule has 3 rings (SSSR count). The van der Waals surface area contributed by atoms with Gasteiger partial charge in [0, 0.05) is 34.3 Å². The molecule has 0 aliphatic carbocycles. The lowest BCUT2D eigenvalue weighted by molar-refractivity contribution is 0.809. The number of hydrogen-bond acceptors (Lipinski definition) is 4. The summed E-state index contributed by atoms with van der Waals surface area (Å²) in [7, 11) is 0. The Morgan fingerprint density at radius 2 is 0.946 bits per heavy atom. The number of azide groups is 2. The topological polar surface area (TPSA) is 104 Å². The van der Waals surface area contributed by atoms with Crippen molar-refractivity contribution < 1.29 is 0 Å². The normalized spacial score (nSPS) is 13.6. The van der Waals surface area contributed by atoms with E-state index >= 15 is 0 Å². The van der Waals surface area contributed by atoms with Gasteiger partial charge < -0.3 is 9.80 Å². The van der Waals surface area contributed by atoms with Crippen molar-refractivity contribution in [2.45, 2.75) is 92.2 Å². The number of nitrogens with zero attached hydrogens (tertiary/aromatic N) is 8. The highest BCUT2D eigenvalue weighted by Crippen LogP contribution is 2.43. The number of hydrogen-bond donors (Lipinski definition) is 0. The van der Waals surface area contributed by atoms with Crippen LogP contribution in [0.2, 0.25) is 0 Å². The Hall–Kier alpha value is -3.34. The molecule has 2 radical (unpaired) electrons. The summed E-state index contributed by atoms with van der Waals surface area (Å²) in [6.07, 6.45) is 0. The standard InChI is InChI=1S/C29H40N8/c1-18(2)24-11-22(15-32-34-30)12-25(19(3)4)28(24)36-9-10-37(17-36)29-26(20(5)6)13-23(16-33-35-31)14-27(29)21(7)8/h11-14,18-21H,9-10,15-16H2,1-8H3. The third-order valence-corrected chi connectivity index (χ3v) is 6.91. The maximum atomic E-state index is 8.85. The van der Waals surface area contributed by atoms with Crippen molar-refractivity contribution >= 4 is 11.4 Å². The second kappa shape index (κ2) is 12.3. The van der Waals surface area contributed by atoms with Crippen LogP contribution in [-0.2, 0) is 13.1 Å². The fourth-order valence-corrected chi connectivity index (χ4v) is 5.05. The fraction of sp³-hybridized carbons (Fsp3) is 0.552. The third-order valence-electron chi connectivity index (χ3n) is 6.91. The molecular formula is C29H40N8. The second-order valence-electron chi connectivity index (χ2n) is 11.0. The predicted molar refractivity (Wildman–Crippen MR) is 153 cm³/mol. The molecule has 1 fully saturated rings. The first-order valence-electron chi connectivity index (χ1n) is 13.2. The molecule has 0 saturated carbocycles. The largest absolute Gasteiger partial charge is 0.339 e. The number of benzene rings is 2. The average molecular weight is 501 g/mol. The van der Waals surface area contributed by atoms with Crippen molar-refractivity contribution in [3.05, 3.63) is 85.2 Å². The molecule has 1 aliphatic heterocycles. The molecule has 0 spiro atoms. The van der Waals surface area contributed by atoms with Crippen molar-refractivity contribution in [1.82, 2.24) is 0 Å². The fourth-order valence-electron chi connectivity index (χ4n) is 5.05. The first-order valence-corrected chi connectivity index (χ1v) is 13.2. The minimum absolute atomic E-state index is 0.312. The molecule has 8 heteroatoms. The van der Waals surface area contributed by atoms with Crippen LogP contribution in [0.3, 0.4) is 0 Å². The molecule has 0 unspecified atom stereocenters. The van der Waals surface area contributed by atoms with Gasteiger partial charge in [-0.1, -0.05) is 89.9 Å². The lowest BCUT2D eigenvalue weighted by Gasteiger charge is -2.30. The molecule has 8 nitrogen and oxygen atoms in total. The van der Waals surface area contributed by atoms with E-state index in [1.165, 1.54) is 33.6 Å². The summed E-state index contributed by atoms with van der Waals surface area (Å²) in [5.74, 6) is 1.25. The van der Waals surface area contributed by atoms with Crippen LogP contribution in [0.25, 0.3) is 20.9 Å². The summed E-state index contributed by atoms with van der Waals surface area (Å²) >= 11 is 0. The SMILES string of the molecule is CC(C)c1cc(CN=[N+]=[N-])cc(C(C)C)c1N1[C]N(c2c(C(C)C)cc(CN=[N+]=[N-])cc2C(C)C)CC1. The molecule has 0 atom stereocenters. The van der Waals surface area contributed by atoms with Crippen molar-refractivity contribution in [3.63, 3.8) is 0 Å². The zero-order valence-corrected chi connectivity index (χ0v) is 23.5. The second-order valence-corrected chi connectivity index (χ2v) is 11.0.